The third-order valence-electron chi connectivity index (χ3n) is 4.21. The fourth-order valence-corrected chi connectivity index (χ4v) is 4.27. The predicted octanol–water partition coefficient (Wildman–Crippen LogP) is 1.31. The van der Waals surface area contributed by atoms with Crippen LogP contribution < -0.4 is 10.0 Å². The van der Waals surface area contributed by atoms with Gasteiger partial charge in [-0.2, -0.15) is 0 Å². The molecule has 0 spiro atoms. The molecule has 7 nitrogen and oxygen atoms in total. The molecule has 1 rings (SSSR count). The van der Waals surface area contributed by atoms with Crippen molar-refractivity contribution in [2.24, 2.45) is 4.99 Å². The van der Waals surface area contributed by atoms with E-state index in [9.17, 15) is 8.42 Å². The molecule has 1 aliphatic rings. The maximum atomic E-state index is 11.5. The smallest absolute Gasteiger partial charge is 0.209 e. The van der Waals surface area contributed by atoms with Crippen LogP contribution in [0.3, 0.4) is 0 Å². The Bertz CT molecular complexity index is 521. The lowest BCUT2D eigenvalue weighted by atomic mass is 10.1. The zero-order chi connectivity index (χ0) is 18.4. The predicted molar refractivity (Wildman–Crippen MR) is 116 cm³/mol. The Labute approximate surface area is 171 Å². The third kappa shape index (κ3) is 8.87. The van der Waals surface area contributed by atoms with E-state index < -0.39 is 15.6 Å². The van der Waals surface area contributed by atoms with Crippen LogP contribution in [0.15, 0.2) is 4.99 Å². The van der Waals surface area contributed by atoms with Gasteiger partial charge in [-0.25, -0.2) is 13.1 Å². The van der Waals surface area contributed by atoms with E-state index in [4.69, 9.17) is 0 Å². The van der Waals surface area contributed by atoms with Crippen molar-refractivity contribution in [1.82, 2.24) is 19.8 Å². The Hall–Kier alpha value is -0.130. The third-order valence-corrected chi connectivity index (χ3v) is 5.14. The SMILES string of the molecule is CCNC(=NCC(C)(C)NS(C)(=O)=O)N1CCC(N(CC)CC)C1.I. The molecular formula is C16H36IN5O2S. The number of hydrogen-bond acceptors (Lipinski definition) is 4. The molecule has 0 radical (unpaired) electrons. The Morgan fingerprint density at radius 2 is 1.88 bits per heavy atom. The lowest BCUT2D eigenvalue weighted by Gasteiger charge is -2.28. The molecule has 1 heterocycles. The highest BCUT2D eigenvalue weighted by atomic mass is 127. The molecule has 1 fully saturated rings. The van der Waals surface area contributed by atoms with Crippen molar-refractivity contribution in [3.05, 3.63) is 0 Å². The maximum absolute atomic E-state index is 11.5. The normalized spacial score (nSPS) is 19.2. The summed E-state index contributed by atoms with van der Waals surface area (Å²) in [7, 11) is -3.25. The lowest BCUT2D eigenvalue weighted by Crippen LogP contribution is -2.47. The van der Waals surface area contributed by atoms with Crippen LogP contribution in [0.2, 0.25) is 0 Å². The quantitative estimate of drug-likeness (QED) is 0.306. The first-order chi connectivity index (χ1) is 11.1. The van der Waals surface area contributed by atoms with Gasteiger partial charge in [0.2, 0.25) is 10.0 Å². The summed E-state index contributed by atoms with van der Waals surface area (Å²) in [5, 5.41) is 3.34. The van der Waals surface area contributed by atoms with E-state index in [1.807, 2.05) is 20.8 Å². The average Bonchev–Trinajstić information content (AvgIpc) is 2.92. The summed E-state index contributed by atoms with van der Waals surface area (Å²) in [4.78, 5) is 9.45. The maximum Gasteiger partial charge on any atom is 0.209 e. The van der Waals surface area contributed by atoms with Crippen molar-refractivity contribution in [3.63, 3.8) is 0 Å². The number of halogens is 1. The fraction of sp³-hybridized carbons (Fsp3) is 0.938. The Balaban J connectivity index is 0.00000576. The first-order valence-electron chi connectivity index (χ1n) is 8.88. The molecule has 1 aliphatic heterocycles. The summed E-state index contributed by atoms with van der Waals surface area (Å²) < 4.78 is 25.6. The number of likely N-dealkylation sites (tertiary alicyclic amines) is 1. The van der Waals surface area contributed by atoms with Crippen molar-refractivity contribution in [2.75, 3.05) is 45.5 Å². The van der Waals surface area contributed by atoms with E-state index >= 15 is 0 Å². The highest BCUT2D eigenvalue weighted by Crippen LogP contribution is 2.16. The van der Waals surface area contributed by atoms with Crippen LogP contribution in [0, 0.1) is 0 Å². The first-order valence-corrected chi connectivity index (χ1v) is 10.8. The van der Waals surface area contributed by atoms with E-state index in [-0.39, 0.29) is 24.0 Å². The number of sulfonamides is 1. The Morgan fingerprint density at radius 3 is 2.36 bits per heavy atom. The lowest BCUT2D eigenvalue weighted by molar-refractivity contribution is 0.223. The van der Waals surface area contributed by atoms with E-state index in [1.165, 1.54) is 6.26 Å². The number of likely N-dealkylation sites (N-methyl/N-ethyl adjacent to an activating group) is 1. The van der Waals surface area contributed by atoms with Crippen molar-refractivity contribution >= 4 is 40.0 Å². The molecule has 150 valence electrons. The van der Waals surface area contributed by atoms with Gasteiger partial charge < -0.3 is 10.2 Å². The number of nitrogens with one attached hydrogen (secondary N) is 2. The van der Waals surface area contributed by atoms with Crippen LogP contribution >= 0.6 is 24.0 Å². The van der Waals surface area contributed by atoms with Gasteiger partial charge in [0.05, 0.1) is 12.8 Å². The second-order valence-electron chi connectivity index (χ2n) is 7.04. The van der Waals surface area contributed by atoms with Gasteiger partial charge in [-0.15, -0.1) is 24.0 Å². The minimum Gasteiger partial charge on any atom is -0.357 e. The Morgan fingerprint density at radius 1 is 1.28 bits per heavy atom. The standard InChI is InChI=1S/C16H35N5O2S.HI/c1-7-17-15(18-13-16(4,5)19-24(6,22)23)21-11-10-14(12-21)20(8-2)9-3;/h14,19H,7-13H2,1-6H3,(H,17,18);1H. The molecule has 0 aromatic rings. The topological polar surface area (TPSA) is 77.0 Å². The number of hydrogen-bond donors (Lipinski definition) is 2. The molecule has 0 saturated carbocycles. The van der Waals surface area contributed by atoms with Crippen molar-refractivity contribution in [2.45, 2.75) is 52.6 Å². The zero-order valence-electron chi connectivity index (χ0n) is 16.5. The summed E-state index contributed by atoms with van der Waals surface area (Å²) in [5.41, 5.74) is -0.605. The molecule has 0 aromatic carbocycles. The molecular weight excluding hydrogens is 453 g/mol. The highest BCUT2D eigenvalue weighted by Gasteiger charge is 2.29. The largest absolute Gasteiger partial charge is 0.357 e. The van der Waals surface area contributed by atoms with E-state index in [0.717, 1.165) is 45.1 Å². The summed E-state index contributed by atoms with van der Waals surface area (Å²) in [5.74, 6) is 0.871. The Kier molecular flexibility index (Phi) is 10.8. The number of rotatable bonds is 8. The van der Waals surface area contributed by atoms with Crippen molar-refractivity contribution in [1.29, 1.82) is 0 Å². The fourth-order valence-electron chi connectivity index (χ4n) is 3.20. The number of guanidine groups is 1. The zero-order valence-corrected chi connectivity index (χ0v) is 19.6. The van der Waals surface area contributed by atoms with E-state index in [1.54, 1.807) is 0 Å². The molecule has 1 saturated heterocycles. The van der Waals surface area contributed by atoms with Crippen LogP contribution in [0.1, 0.15) is 41.0 Å². The van der Waals surface area contributed by atoms with Crippen molar-refractivity contribution < 1.29 is 8.42 Å². The number of aliphatic imine (C=N–C) groups is 1. The monoisotopic (exact) mass is 489 g/mol. The molecule has 0 aromatic heterocycles. The first kappa shape index (κ1) is 24.9. The van der Waals surface area contributed by atoms with E-state index in [0.29, 0.717) is 12.6 Å². The van der Waals surface area contributed by atoms with Gasteiger partial charge in [-0.05, 0) is 40.3 Å². The molecule has 0 aliphatic carbocycles. The second-order valence-corrected chi connectivity index (χ2v) is 8.79. The van der Waals surface area contributed by atoms with E-state index in [2.05, 4.69) is 38.7 Å². The van der Waals surface area contributed by atoms with Crippen LogP contribution in [-0.2, 0) is 10.0 Å². The molecule has 0 bridgehead atoms. The van der Waals surface area contributed by atoms with Crippen LogP contribution in [-0.4, -0.2) is 81.3 Å². The van der Waals surface area contributed by atoms with Crippen LogP contribution in [0.25, 0.3) is 0 Å². The summed E-state index contributed by atoms with van der Waals surface area (Å²) in [6.45, 7) is 15.4. The van der Waals surface area contributed by atoms with Gasteiger partial charge in [0.15, 0.2) is 5.96 Å². The molecule has 2 N–H and O–H groups in total. The summed E-state index contributed by atoms with van der Waals surface area (Å²) >= 11 is 0. The van der Waals surface area contributed by atoms with Crippen molar-refractivity contribution in [3.8, 4) is 0 Å². The molecule has 1 unspecified atom stereocenters. The minimum absolute atomic E-state index is 0. The minimum atomic E-state index is -3.25. The van der Waals surface area contributed by atoms with Gasteiger partial charge in [0, 0.05) is 31.2 Å². The van der Waals surface area contributed by atoms with Crippen LogP contribution in [0.4, 0.5) is 0 Å². The van der Waals surface area contributed by atoms with Gasteiger partial charge in [-0.3, -0.25) is 9.89 Å². The average molecular weight is 489 g/mol. The van der Waals surface area contributed by atoms with Gasteiger partial charge in [0.25, 0.3) is 0 Å². The molecule has 1 atom stereocenters. The second kappa shape index (κ2) is 10.9. The summed E-state index contributed by atoms with van der Waals surface area (Å²) in [6.07, 6.45) is 2.32. The highest BCUT2D eigenvalue weighted by molar-refractivity contribution is 14.0. The summed E-state index contributed by atoms with van der Waals surface area (Å²) in [6, 6.07) is 0.561. The number of nitrogens with zero attached hydrogens (tertiary/aromatic N) is 3. The van der Waals surface area contributed by atoms with Gasteiger partial charge in [-0.1, -0.05) is 13.8 Å². The van der Waals surface area contributed by atoms with Gasteiger partial charge >= 0.3 is 0 Å². The van der Waals surface area contributed by atoms with Gasteiger partial charge in [0.1, 0.15) is 0 Å². The van der Waals surface area contributed by atoms with Crippen LogP contribution in [0.5, 0.6) is 0 Å². The molecule has 0 amide bonds. The molecule has 25 heavy (non-hydrogen) atoms. The molecule has 9 heteroatoms.